The molecule has 0 aromatic heterocycles. The van der Waals surface area contributed by atoms with Gasteiger partial charge >= 0.3 is 6.03 Å². The first kappa shape index (κ1) is 16.9. The number of carbonyl (C=O) groups is 1. The Morgan fingerprint density at radius 2 is 2.18 bits per heavy atom. The van der Waals surface area contributed by atoms with Crippen molar-refractivity contribution < 1.29 is 14.3 Å². The highest BCUT2D eigenvalue weighted by molar-refractivity contribution is 6.32. The summed E-state index contributed by atoms with van der Waals surface area (Å²) in [6, 6.07) is 4.94. The van der Waals surface area contributed by atoms with Gasteiger partial charge in [-0.2, -0.15) is 0 Å². The fraction of sp³-hybridized carbons (Fsp3) is 0.533. The molecule has 0 unspecified atom stereocenters. The third-order valence-electron chi connectivity index (χ3n) is 3.31. The largest absolute Gasteiger partial charge is 0.492 e. The molecular weight excluding hydrogens is 306 g/mol. The summed E-state index contributed by atoms with van der Waals surface area (Å²) in [6.07, 6.45) is 0. The zero-order chi connectivity index (χ0) is 15.8. The van der Waals surface area contributed by atoms with Crippen molar-refractivity contribution in [3.05, 3.63) is 23.2 Å². The average Bonchev–Trinajstić information content (AvgIpc) is 2.51. The van der Waals surface area contributed by atoms with Crippen LogP contribution in [0, 0.1) is 0 Å². The fourth-order valence-corrected chi connectivity index (χ4v) is 2.41. The second-order valence-corrected chi connectivity index (χ2v) is 5.32. The fourth-order valence-electron chi connectivity index (χ4n) is 2.18. The van der Waals surface area contributed by atoms with Gasteiger partial charge in [-0.15, -0.1) is 0 Å². The summed E-state index contributed by atoms with van der Waals surface area (Å²) in [4.78, 5) is 14.1. The molecule has 1 heterocycles. The Morgan fingerprint density at radius 3 is 2.86 bits per heavy atom. The van der Waals surface area contributed by atoms with Crippen molar-refractivity contribution in [1.82, 2.24) is 10.2 Å². The van der Waals surface area contributed by atoms with Crippen LogP contribution in [0.15, 0.2) is 18.2 Å². The number of carbonyl (C=O) groups excluding carboxylic acids is 1. The molecule has 1 aromatic carbocycles. The zero-order valence-corrected chi connectivity index (χ0v) is 13.5. The number of ether oxygens (including phenoxy) is 2. The molecule has 2 amide bonds. The summed E-state index contributed by atoms with van der Waals surface area (Å²) in [5.41, 5.74) is 0.636. The van der Waals surface area contributed by atoms with Gasteiger partial charge in [-0.3, -0.25) is 4.90 Å². The Morgan fingerprint density at radius 1 is 1.41 bits per heavy atom. The molecule has 0 radical (unpaired) electrons. The van der Waals surface area contributed by atoms with Crippen molar-refractivity contribution in [1.29, 1.82) is 0 Å². The number of nitrogens with zero attached hydrogens (tertiary/aromatic N) is 1. The van der Waals surface area contributed by atoms with Crippen molar-refractivity contribution in [3.8, 4) is 5.75 Å². The van der Waals surface area contributed by atoms with Gasteiger partial charge in [-0.1, -0.05) is 11.6 Å². The summed E-state index contributed by atoms with van der Waals surface area (Å²) < 4.78 is 10.6. The van der Waals surface area contributed by atoms with Crippen LogP contribution in [0.25, 0.3) is 0 Å². The van der Waals surface area contributed by atoms with Crippen molar-refractivity contribution in [2.75, 3.05) is 51.3 Å². The van der Waals surface area contributed by atoms with Crippen molar-refractivity contribution in [3.63, 3.8) is 0 Å². The van der Waals surface area contributed by atoms with Crippen LogP contribution in [0.1, 0.15) is 6.92 Å². The van der Waals surface area contributed by atoms with Crippen LogP contribution in [0.4, 0.5) is 10.5 Å². The normalized spacial score (nSPS) is 15.4. The van der Waals surface area contributed by atoms with Crippen LogP contribution in [-0.4, -0.2) is 56.9 Å². The molecule has 6 nitrogen and oxygen atoms in total. The molecule has 1 aromatic rings. The lowest BCUT2D eigenvalue weighted by atomic mass is 10.3. The van der Waals surface area contributed by atoms with E-state index in [2.05, 4.69) is 15.5 Å². The molecule has 22 heavy (non-hydrogen) atoms. The standard InChI is InChI=1S/C15H22ClN3O3/c1-2-22-14-4-3-12(11-13(14)16)18-15(20)17-5-6-19-7-9-21-10-8-19/h3-4,11H,2,5-10H2,1H3,(H2,17,18,20). The lowest BCUT2D eigenvalue weighted by molar-refractivity contribution is 0.0388. The number of hydrogen-bond acceptors (Lipinski definition) is 4. The lowest BCUT2D eigenvalue weighted by Gasteiger charge is -2.26. The Kier molecular flexibility index (Phi) is 6.76. The number of benzene rings is 1. The summed E-state index contributed by atoms with van der Waals surface area (Å²) in [5, 5.41) is 6.07. The van der Waals surface area contributed by atoms with Gasteiger partial charge in [0.25, 0.3) is 0 Å². The number of morpholine rings is 1. The predicted octanol–water partition coefficient (Wildman–Crippen LogP) is 2.19. The van der Waals surface area contributed by atoms with E-state index in [0.717, 1.165) is 32.8 Å². The molecule has 2 N–H and O–H groups in total. The van der Waals surface area contributed by atoms with Crippen LogP contribution >= 0.6 is 11.6 Å². The molecule has 0 spiro atoms. The number of halogens is 1. The second-order valence-electron chi connectivity index (χ2n) is 4.91. The van der Waals surface area contributed by atoms with Crippen LogP contribution in [-0.2, 0) is 4.74 Å². The molecule has 122 valence electrons. The molecule has 1 fully saturated rings. The number of amides is 2. The molecule has 0 aliphatic carbocycles. The third-order valence-corrected chi connectivity index (χ3v) is 3.60. The maximum Gasteiger partial charge on any atom is 0.319 e. The molecule has 2 rings (SSSR count). The van der Waals surface area contributed by atoms with Crippen LogP contribution in [0.5, 0.6) is 5.75 Å². The summed E-state index contributed by atoms with van der Waals surface area (Å²) in [5.74, 6) is 0.613. The molecule has 7 heteroatoms. The minimum absolute atomic E-state index is 0.242. The van der Waals surface area contributed by atoms with Gasteiger partial charge in [-0.25, -0.2) is 4.79 Å². The first-order valence-corrected chi connectivity index (χ1v) is 7.84. The number of anilines is 1. The Labute approximate surface area is 135 Å². The zero-order valence-electron chi connectivity index (χ0n) is 12.7. The quantitative estimate of drug-likeness (QED) is 0.840. The SMILES string of the molecule is CCOc1ccc(NC(=O)NCCN2CCOCC2)cc1Cl. The maximum atomic E-state index is 11.8. The van der Waals surface area contributed by atoms with E-state index in [1.54, 1.807) is 18.2 Å². The second kappa shape index (κ2) is 8.82. The smallest absolute Gasteiger partial charge is 0.319 e. The minimum Gasteiger partial charge on any atom is -0.492 e. The van der Waals surface area contributed by atoms with Gasteiger partial charge in [0.15, 0.2) is 0 Å². The highest BCUT2D eigenvalue weighted by atomic mass is 35.5. The highest BCUT2D eigenvalue weighted by Crippen LogP contribution is 2.27. The molecule has 1 aliphatic heterocycles. The van der Waals surface area contributed by atoms with E-state index in [1.807, 2.05) is 6.92 Å². The van der Waals surface area contributed by atoms with Crippen molar-refractivity contribution in [2.24, 2.45) is 0 Å². The Balaban J connectivity index is 1.73. The Bertz CT molecular complexity index is 493. The number of hydrogen-bond donors (Lipinski definition) is 2. The molecule has 1 saturated heterocycles. The molecule has 1 aliphatic rings. The molecule has 0 atom stereocenters. The summed E-state index contributed by atoms with van der Waals surface area (Å²) in [6.45, 7) is 7.21. The first-order valence-electron chi connectivity index (χ1n) is 7.46. The summed E-state index contributed by atoms with van der Waals surface area (Å²) in [7, 11) is 0. The van der Waals surface area contributed by atoms with Crippen LogP contribution in [0.2, 0.25) is 5.02 Å². The van der Waals surface area contributed by atoms with Crippen molar-refractivity contribution >= 4 is 23.3 Å². The molecule has 0 saturated carbocycles. The Hall–Kier alpha value is -1.50. The van der Waals surface area contributed by atoms with E-state index in [0.29, 0.717) is 29.6 Å². The number of urea groups is 1. The highest BCUT2D eigenvalue weighted by Gasteiger charge is 2.10. The van der Waals surface area contributed by atoms with E-state index in [-0.39, 0.29) is 6.03 Å². The van der Waals surface area contributed by atoms with E-state index >= 15 is 0 Å². The monoisotopic (exact) mass is 327 g/mol. The topological polar surface area (TPSA) is 62.8 Å². The van der Waals surface area contributed by atoms with E-state index in [4.69, 9.17) is 21.1 Å². The van der Waals surface area contributed by atoms with Gasteiger partial charge in [0, 0.05) is 31.9 Å². The van der Waals surface area contributed by atoms with Crippen LogP contribution in [0.3, 0.4) is 0 Å². The van der Waals surface area contributed by atoms with E-state index < -0.39 is 0 Å². The average molecular weight is 328 g/mol. The first-order chi connectivity index (χ1) is 10.7. The van der Waals surface area contributed by atoms with Crippen molar-refractivity contribution in [2.45, 2.75) is 6.92 Å². The van der Waals surface area contributed by atoms with Gasteiger partial charge < -0.3 is 20.1 Å². The van der Waals surface area contributed by atoms with Gasteiger partial charge in [0.2, 0.25) is 0 Å². The predicted molar refractivity (Wildman–Crippen MR) is 86.9 cm³/mol. The van der Waals surface area contributed by atoms with E-state index in [9.17, 15) is 4.79 Å². The van der Waals surface area contributed by atoms with E-state index in [1.165, 1.54) is 0 Å². The van der Waals surface area contributed by atoms with Gasteiger partial charge in [0.1, 0.15) is 5.75 Å². The van der Waals surface area contributed by atoms with Crippen LogP contribution < -0.4 is 15.4 Å². The molecular formula is C15H22ClN3O3. The van der Waals surface area contributed by atoms with Gasteiger partial charge in [0.05, 0.1) is 24.8 Å². The van der Waals surface area contributed by atoms with Gasteiger partial charge in [-0.05, 0) is 25.1 Å². The third kappa shape index (κ3) is 5.36. The molecule has 0 bridgehead atoms. The lowest BCUT2D eigenvalue weighted by Crippen LogP contribution is -2.42. The minimum atomic E-state index is -0.242. The number of rotatable bonds is 6. The number of nitrogens with one attached hydrogen (secondary N) is 2. The summed E-state index contributed by atoms with van der Waals surface area (Å²) >= 11 is 6.08. The maximum absolute atomic E-state index is 11.8.